The van der Waals surface area contributed by atoms with E-state index in [2.05, 4.69) is 32.0 Å². The Bertz CT molecular complexity index is 536. The molecule has 0 saturated carbocycles. The van der Waals surface area contributed by atoms with Crippen molar-refractivity contribution in [3.05, 3.63) is 33.4 Å². The molecule has 2 nitrogen and oxygen atoms in total. The maximum Gasteiger partial charge on any atom is 0.308 e. The first-order valence-corrected chi connectivity index (χ1v) is 6.08. The Kier molecular flexibility index (Phi) is 2.65. The van der Waals surface area contributed by atoms with Gasteiger partial charge in [0.2, 0.25) is 0 Å². The number of aromatic nitrogens is 1. The third-order valence-electron chi connectivity index (χ3n) is 2.67. The van der Waals surface area contributed by atoms with Crippen LogP contribution >= 0.6 is 11.3 Å². The molecule has 0 bridgehead atoms. The second-order valence-electron chi connectivity index (χ2n) is 3.99. The third-order valence-corrected chi connectivity index (χ3v) is 3.63. The molecule has 0 aliphatic heterocycles. The molecule has 0 aliphatic carbocycles. The second kappa shape index (κ2) is 3.81. The van der Waals surface area contributed by atoms with Crippen LogP contribution in [0.4, 0.5) is 0 Å². The minimum absolute atomic E-state index is 0.147. The third kappa shape index (κ3) is 1.72. The highest BCUT2D eigenvalue weighted by Crippen LogP contribution is 2.23. The summed E-state index contributed by atoms with van der Waals surface area (Å²) in [6.45, 7) is 7.10. The molecule has 0 aliphatic rings. The Hall–Kier alpha value is -1.09. The topological polar surface area (TPSA) is 22.0 Å². The smallest absolute Gasteiger partial charge is 0.299 e. The van der Waals surface area contributed by atoms with Crippen molar-refractivity contribution >= 4 is 21.6 Å². The molecule has 0 atom stereocenters. The van der Waals surface area contributed by atoms with Crippen molar-refractivity contribution in [2.45, 2.75) is 33.2 Å². The maximum atomic E-state index is 11.6. The van der Waals surface area contributed by atoms with Crippen molar-refractivity contribution < 1.29 is 0 Å². The molecule has 2 aromatic rings. The first-order chi connectivity index (χ1) is 7.13. The lowest BCUT2D eigenvalue weighted by atomic mass is 10.0. The second-order valence-corrected chi connectivity index (χ2v) is 4.99. The highest BCUT2D eigenvalue weighted by molar-refractivity contribution is 7.16. The number of aryl methyl sites for hydroxylation is 1. The number of rotatable bonds is 2. The molecule has 1 aromatic carbocycles. The molecule has 2 rings (SSSR count). The molecule has 0 unspecified atom stereocenters. The van der Waals surface area contributed by atoms with Crippen LogP contribution in [0.5, 0.6) is 0 Å². The van der Waals surface area contributed by atoms with E-state index in [9.17, 15) is 4.79 Å². The summed E-state index contributed by atoms with van der Waals surface area (Å²) in [4.78, 5) is 11.8. The van der Waals surface area contributed by atoms with Crippen molar-refractivity contribution in [1.29, 1.82) is 0 Å². The molecule has 0 saturated heterocycles. The average molecular weight is 221 g/mol. The van der Waals surface area contributed by atoms with Crippen molar-refractivity contribution in [2.24, 2.45) is 0 Å². The summed E-state index contributed by atoms with van der Waals surface area (Å²) in [6.07, 6.45) is 0. The summed E-state index contributed by atoms with van der Waals surface area (Å²) in [6, 6.07) is 6.31. The SMILES string of the molecule is CCn1c(=O)sc2ccc(C(C)C)cc21. The van der Waals surface area contributed by atoms with E-state index in [0.717, 1.165) is 16.8 Å². The lowest BCUT2D eigenvalue weighted by Crippen LogP contribution is -2.10. The number of hydrogen-bond acceptors (Lipinski definition) is 2. The molecule has 0 amide bonds. The fourth-order valence-corrected chi connectivity index (χ4v) is 2.67. The van der Waals surface area contributed by atoms with E-state index in [4.69, 9.17) is 0 Å². The van der Waals surface area contributed by atoms with E-state index in [-0.39, 0.29) is 4.87 Å². The highest BCUT2D eigenvalue weighted by Gasteiger charge is 2.07. The fourth-order valence-electron chi connectivity index (χ4n) is 1.74. The van der Waals surface area contributed by atoms with Gasteiger partial charge in [-0.1, -0.05) is 31.3 Å². The number of nitrogens with zero attached hydrogens (tertiary/aromatic N) is 1. The molecule has 3 heteroatoms. The Morgan fingerprint density at radius 3 is 2.73 bits per heavy atom. The molecule has 80 valence electrons. The first-order valence-electron chi connectivity index (χ1n) is 5.26. The Balaban J connectivity index is 2.73. The molecular weight excluding hydrogens is 206 g/mol. The quantitative estimate of drug-likeness (QED) is 0.763. The summed E-state index contributed by atoms with van der Waals surface area (Å²) in [7, 11) is 0. The minimum Gasteiger partial charge on any atom is -0.299 e. The lowest BCUT2D eigenvalue weighted by Gasteiger charge is -2.06. The van der Waals surface area contributed by atoms with Crippen LogP contribution in [0.25, 0.3) is 10.2 Å². The highest BCUT2D eigenvalue weighted by atomic mass is 32.1. The summed E-state index contributed by atoms with van der Waals surface area (Å²) in [5, 5.41) is 0. The zero-order valence-corrected chi connectivity index (χ0v) is 10.1. The molecule has 0 fully saturated rings. The average Bonchev–Trinajstić information content (AvgIpc) is 2.51. The maximum absolute atomic E-state index is 11.6. The van der Waals surface area contributed by atoms with Gasteiger partial charge in [0.15, 0.2) is 0 Å². The van der Waals surface area contributed by atoms with Gasteiger partial charge in [-0.25, -0.2) is 0 Å². The Morgan fingerprint density at radius 1 is 1.40 bits per heavy atom. The van der Waals surface area contributed by atoms with Crippen molar-refractivity contribution in [1.82, 2.24) is 4.57 Å². The molecule has 15 heavy (non-hydrogen) atoms. The zero-order chi connectivity index (χ0) is 11.0. The van der Waals surface area contributed by atoms with Crippen LogP contribution in [0.15, 0.2) is 23.0 Å². The molecule has 1 aromatic heterocycles. The van der Waals surface area contributed by atoms with Crippen LogP contribution in [0.3, 0.4) is 0 Å². The normalized spacial score (nSPS) is 11.5. The van der Waals surface area contributed by atoms with Crippen LogP contribution in [0, 0.1) is 0 Å². The number of fused-ring (bicyclic) bond motifs is 1. The fraction of sp³-hybridized carbons (Fsp3) is 0.417. The molecule has 0 spiro atoms. The molecule has 0 radical (unpaired) electrons. The number of hydrogen-bond donors (Lipinski definition) is 0. The first kappa shape index (κ1) is 10.4. The predicted octanol–water partition coefficient (Wildman–Crippen LogP) is 3.21. The number of thiazole rings is 1. The van der Waals surface area contributed by atoms with E-state index >= 15 is 0 Å². The van der Waals surface area contributed by atoms with Crippen LogP contribution < -0.4 is 4.87 Å². The van der Waals surface area contributed by atoms with Gasteiger partial charge in [-0.3, -0.25) is 9.36 Å². The van der Waals surface area contributed by atoms with Crippen molar-refractivity contribution in [3.8, 4) is 0 Å². The largest absolute Gasteiger partial charge is 0.308 e. The van der Waals surface area contributed by atoms with Gasteiger partial charge in [-0.05, 0) is 30.5 Å². The standard InChI is InChI=1S/C12H15NOS/c1-4-13-10-7-9(8(2)3)5-6-11(10)15-12(13)14/h5-8H,4H2,1-3H3. The molecular formula is C12H15NOS. The number of benzene rings is 1. The van der Waals surface area contributed by atoms with Crippen molar-refractivity contribution in [3.63, 3.8) is 0 Å². The van der Waals surface area contributed by atoms with Gasteiger partial charge >= 0.3 is 4.87 Å². The summed E-state index contributed by atoms with van der Waals surface area (Å²) in [5.74, 6) is 0.509. The van der Waals surface area contributed by atoms with E-state index in [1.54, 1.807) is 0 Å². The summed E-state index contributed by atoms with van der Waals surface area (Å²) in [5.41, 5.74) is 2.38. The van der Waals surface area contributed by atoms with Crippen LogP contribution in [-0.2, 0) is 6.54 Å². The minimum atomic E-state index is 0.147. The molecule has 1 heterocycles. The van der Waals surface area contributed by atoms with Gasteiger partial charge in [-0.2, -0.15) is 0 Å². The lowest BCUT2D eigenvalue weighted by molar-refractivity contribution is 0.776. The van der Waals surface area contributed by atoms with Crippen LogP contribution in [0.2, 0.25) is 0 Å². The Morgan fingerprint density at radius 2 is 2.13 bits per heavy atom. The predicted molar refractivity (Wildman–Crippen MR) is 65.8 cm³/mol. The van der Waals surface area contributed by atoms with Crippen LogP contribution in [0.1, 0.15) is 32.3 Å². The summed E-state index contributed by atoms with van der Waals surface area (Å²) >= 11 is 1.33. The van der Waals surface area contributed by atoms with Gasteiger partial charge in [0.1, 0.15) is 0 Å². The Labute approximate surface area is 93.2 Å². The monoisotopic (exact) mass is 221 g/mol. The van der Waals surface area contributed by atoms with Gasteiger partial charge in [0.25, 0.3) is 0 Å². The van der Waals surface area contributed by atoms with Gasteiger partial charge in [0.05, 0.1) is 10.2 Å². The summed E-state index contributed by atoms with van der Waals surface area (Å²) < 4.78 is 2.93. The van der Waals surface area contributed by atoms with Crippen LogP contribution in [-0.4, -0.2) is 4.57 Å². The van der Waals surface area contributed by atoms with Gasteiger partial charge < -0.3 is 0 Å². The van der Waals surface area contributed by atoms with Gasteiger partial charge in [-0.15, -0.1) is 0 Å². The van der Waals surface area contributed by atoms with Gasteiger partial charge in [0, 0.05) is 6.54 Å². The van der Waals surface area contributed by atoms with E-state index in [1.807, 2.05) is 11.5 Å². The van der Waals surface area contributed by atoms with E-state index < -0.39 is 0 Å². The van der Waals surface area contributed by atoms with Crippen molar-refractivity contribution in [2.75, 3.05) is 0 Å². The van der Waals surface area contributed by atoms with E-state index in [1.165, 1.54) is 16.9 Å². The molecule has 0 N–H and O–H groups in total. The zero-order valence-electron chi connectivity index (χ0n) is 9.28. The van der Waals surface area contributed by atoms with E-state index in [0.29, 0.717) is 5.92 Å².